The number of ether oxygens (including phenoxy) is 1. The molecule has 1 atom stereocenters. The molecular weight excluding hydrogens is 330 g/mol. The van der Waals surface area contributed by atoms with Crippen LogP contribution in [0.5, 0.6) is 0 Å². The van der Waals surface area contributed by atoms with Gasteiger partial charge >= 0.3 is 6.09 Å². The molecule has 0 N–H and O–H groups in total. The van der Waals surface area contributed by atoms with Gasteiger partial charge in [0.1, 0.15) is 5.60 Å². The summed E-state index contributed by atoms with van der Waals surface area (Å²) in [4.78, 5) is 14.4. The van der Waals surface area contributed by atoms with Gasteiger partial charge in [-0.3, -0.25) is 0 Å². The molecule has 0 aromatic heterocycles. The average Bonchev–Trinajstić information content (AvgIpc) is 2.34. The van der Waals surface area contributed by atoms with Crippen molar-refractivity contribution < 1.29 is 9.53 Å². The van der Waals surface area contributed by atoms with Crippen molar-refractivity contribution >= 4 is 22.0 Å². The Morgan fingerprint density at radius 1 is 1.38 bits per heavy atom. The smallest absolute Gasteiger partial charge is 0.410 e. The van der Waals surface area contributed by atoms with Crippen molar-refractivity contribution in [2.24, 2.45) is 5.92 Å². The molecule has 21 heavy (non-hydrogen) atoms. The molecule has 4 heteroatoms. The Labute approximate surface area is 135 Å². The lowest BCUT2D eigenvalue weighted by molar-refractivity contribution is 0.00877. The maximum absolute atomic E-state index is 12.5. The first kappa shape index (κ1) is 16.3. The highest BCUT2D eigenvalue weighted by Gasteiger charge is 2.35. The fraction of sp³-hybridized carbons (Fsp3) is 0.588. The third kappa shape index (κ3) is 3.79. The molecule has 1 aliphatic rings. The van der Waals surface area contributed by atoms with Crippen LogP contribution in [0.25, 0.3) is 0 Å². The van der Waals surface area contributed by atoms with Crippen LogP contribution >= 0.6 is 15.9 Å². The molecule has 0 fully saturated rings. The Bertz CT molecular complexity index is 534. The quantitative estimate of drug-likeness (QED) is 0.715. The molecule has 0 saturated heterocycles. The van der Waals surface area contributed by atoms with Gasteiger partial charge in [0, 0.05) is 11.0 Å². The molecule has 0 saturated carbocycles. The highest BCUT2D eigenvalue weighted by Crippen LogP contribution is 2.37. The van der Waals surface area contributed by atoms with E-state index in [9.17, 15) is 4.79 Å². The summed E-state index contributed by atoms with van der Waals surface area (Å²) < 4.78 is 6.67. The van der Waals surface area contributed by atoms with Crippen molar-refractivity contribution in [1.29, 1.82) is 0 Å². The third-order valence-electron chi connectivity index (χ3n) is 3.64. The summed E-state index contributed by atoms with van der Waals surface area (Å²) >= 11 is 3.53. The number of hydrogen-bond acceptors (Lipinski definition) is 2. The van der Waals surface area contributed by atoms with Crippen LogP contribution in [0, 0.1) is 5.92 Å². The lowest BCUT2D eigenvalue weighted by Gasteiger charge is -2.40. The predicted molar refractivity (Wildman–Crippen MR) is 88.4 cm³/mol. The second-order valence-electron chi connectivity index (χ2n) is 6.96. The number of hydrogen-bond donors (Lipinski definition) is 0. The topological polar surface area (TPSA) is 29.5 Å². The van der Waals surface area contributed by atoms with Gasteiger partial charge < -0.3 is 9.64 Å². The minimum absolute atomic E-state index is 0.0803. The normalized spacial score (nSPS) is 18.6. The Balaban J connectivity index is 2.32. The monoisotopic (exact) mass is 353 g/mol. The largest absolute Gasteiger partial charge is 0.444 e. The van der Waals surface area contributed by atoms with E-state index < -0.39 is 5.60 Å². The van der Waals surface area contributed by atoms with E-state index in [0.29, 0.717) is 12.5 Å². The zero-order chi connectivity index (χ0) is 15.8. The number of carbonyl (C=O) groups excluding carboxylic acids is 1. The van der Waals surface area contributed by atoms with Crippen LogP contribution < -0.4 is 0 Å². The summed E-state index contributed by atoms with van der Waals surface area (Å²) in [6, 6.07) is 6.42. The molecule has 116 valence electrons. The molecule has 1 aromatic rings. The predicted octanol–water partition coefficient (Wildman–Crippen LogP) is 4.94. The molecular formula is C17H24BrNO2. The molecule has 1 heterocycles. The maximum atomic E-state index is 12.5. The molecule has 0 unspecified atom stereocenters. The Morgan fingerprint density at radius 3 is 2.62 bits per heavy atom. The lowest BCUT2D eigenvalue weighted by atomic mass is 9.86. The van der Waals surface area contributed by atoms with E-state index in [2.05, 4.69) is 41.9 Å². The molecule has 1 amide bonds. The molecule has 0 radical (unpaired) electrons. The maximum Gasteiger partial charge on any atom is 0.410 e. The van der Waals surface area contributed by atoms with Gasteiger partial charge in [-0.15, -0.1) is 0 Å². The first-order chi connectivity index (χ1) is 9.69. The SMILES string of the molecule is CC(C)[C@H]1c2ccc(Br)cc2CCN1C(=O)OC(C)(C)C. The third-order valence-corrected chi connectivity index (χ3v) is 4.13. The van der Waals surface area contributed by atoms with Crippen molar-refractivity contribution in [3.8, 4) is 0 Å². The van der Waals surface area contributed by atoms with E-state index in [1.807, 2.05) is 31.7 Å². The molecule has 1 aromatic carbocycles. The van der Waals surface area contributed by atoms with Crippen LogP contribution in [-0.4, -0.2) is 23.1 Å². The summed E-state index contributed by atoms with van der Waals surface area (Å²) in [5, 5.41) is 0. The number of fused-ring (bicyclic) bond motifs is 1. The minimum atomic E-state index is -0.460. The van der Waals surface area contributed by atoms with Crippen molar-refractivity contribution in [1.82, 2.24) is 4.90 Å². The van der Waals surface area contributed by atoms with Gasteiger partial charge in [0.2, 0.25) is 0 Å². The van der Waals surface area contributed by atoms with E-state index in [1.54, 1.807) is 0 Å². The first-order valence-corrected chi connectivity index (χ1v) is 8.26. The van der Waals surface area contributed by atoms with Crippen LogP contribution in [0.15, 0.2) is 22.7 Å². The van der Waals surface area contributed by atoms with Crippen molar-refractivity contribution in [3.05, 3.63) is 33.8 Å². The molecule has 0 aliphatic carbocycles. The Morgan fingerprint density at radius 2 is 2.05 bits per heavy atom. The van der Waals surface area contributed by atoms with E-state index in [4.69, 9.17) is 4.74 Å². The molecule has 0 bridgehead atoms. The number of amides is 1. The molecule has 3 nitrogen and oxygen atoms in total. The lowest BCUT2D eigenvalue weighted by Crippen LogP contribution is -2.44. The van der Waals surface area contributed by atoms with Crippen LogP contribution in [0.2, 0.25) is 0 Å². The van der Waals surface area contributed by atoms with E-state index in [0.717, 1.165) is 10.9 Å². The number of rotatable bonds is 1. The second kappa shape index (κ2) is 5.99. The van der Waals surface area contributed by atoms with E-state index in [-0.39, 0.29) is 12.1 Å². The summed E-state index contributed by atoms with van der Waals surface area (Å²) in [5.41, 5.74) is 2.10. The number of nitrogens with zero attached hydrogens (tertiary/aromatic N) is 1. The number of carbonyl (C=O) groups is 1. The molecule has 2 rings (SSSR count). The van der Waals surface area contributed by atoms with Gasteiger partial charge in [-0.25, -0.2) is 4.79 Å². The van der Waals surface area contributed by atoms with Gasteiger partial charge in [-0.2, -0.15) is 0 Å². The average molecular weight is 354 g/mol. The summed E-state index contributed by atoms with van der Waals surface area (Å²) in [6.07, 6.45) is 0.659. The molecule has 1 aliphatic heterocycles. The number of benzene rings is 1. The highest BCUT2D eigenvalue weighted by atomic mass is 79.9. The Hall–Kier alpha value is -1.03. The zero-order valence-electron chi connectivity index (χ0n) is 13.4. The minimum Gasteiger partial charge on any atom is -0.444 e. The summed E-state index contributed by atoms with van der Waals surface area (Å²) in [5.74, 6) is 0.345. The van der Waals surface area contributed by atoms with Crippen LogP contribution in [0.1, 0.15) is 51.8 Å². The van der Waals surface area contributed by atoms with Crippen LogP contribution in [-0.2, 0) is 11.2 Å². The highest BCUT2D eigenvalue weighted by molar-refractivity contribution is 9.10. The summed E-state index contributed by atoms with van der Waals surface area (Å²) in [6.45, 7) is 10.7. The van der Waals surface area contributed by atoms with Gasteiger partial charge in [0.05, 0.1) is 6.04 Å². The van der Waals surface area contributed by atoms with E-state index in [1.165, 1.54) is 11.1 Å². The van der Waals surface area contributed by atoms with Crippen LogP contribution in [0.3, 0.4) is 0 Å². The fourth-order valence-corrected chi connectivity index (χ4v) is 3.28. The van der Waals surface area contributed by atoms with Crippen LogP contribution in [0.4, 0.5) is 4.79 Å². The van der Waals surface area contributed by atoms with E-state index >= 15 is 0 Å². The first-order valence-electron chi connectivity index (χ1n) is 7.47. The summed E-state index contributed by atoms with van der Waals surface area (Å²) in [7, 11) is 0. The van der Waals surface area contributed by atoms with Crippen molar-refractivity contribution in [2.45, 2.75) is 52.7 Å². The van der Waals surface area contributed by atoms with Gasteiger partial charge in [-0.1, -0.05) is 35.8 Å². The Kier molecular flexibility index (Phi) is 4.66. The van der Waals surface area contributed by atoms with Gasteiger partial charge in [0.15, 0.2) is 0 Å². The van der Waals surface area contributed by atoms with Gasteiger partial charge in [0.25, 0.3) is 0 Å². The second-order valence-corrected chi connectivity index (χ2v) is 7.87. The fourth-order valence-electron chi connectivity index (χ4n) is 2.87. The molecule has 0 spiro atoms. The van der Waals surface area contributed by atoms with Gasteiger partial charge in [-0.05, 0) is 56.4 Å². The van der Waals surface area contributed by atoms with Crippen molar-refractivity contribution in [3.63, 3.8) is 0 Å². The standard InChI is InChI=1S/C17H24BrNO2/c1-11(2)15-14-7-6-13(18)10-12(14)8-9-19(15)16(20)21-17(3,4)5/h6-7,10-11,15H,8-9H2,1-5H3/t15-/m0/s1. The number of halogens is 1. The zero-order valence-corrected chi connectivity index (χ0v) is 15.0. The van der Waals surface area contributed by atoms with Crippen molar-refractivity contribution in [2.75, 3.05) is 6.54 Å².